The van der Waals surface area contributed by atoms with Gasteiger partial charge in [0.1, 0.15) is 5.60 Å². The maximum absolute atomic E-state index is 12.1. The second-order valence-corrected chi connectivity index (χ2v) is 7.37. The lowest BCUT2D eigenvalue weighted by Crippen LogP contribution is -2.46. The summed E-state index contributed by atoms with van der Waals surface area (Å²) in [4.78, 5) is 13.9. The summed E-state index contributed by atoms with van der Waals surface area (Å²) in [5, 5.41) is 9.52. The number of hydrogen-bond acceptors (Lipinski definition) is 3. The number of nitrogens with zero attached hydrogens (tertiary/aromatic N) is 1. The van der Waals surface area contributed by atoms with Crippen LogP contribution >= 0.6 is 0 Å². The van der Waals surface area contributed by atoms with E-state index in [2.05, 4.69) is 0 Å². The van der Waals surface area contributed by atoms with Gasteiger partial charge in [0.2, 0.25) is 0 Å². The number of amides is 1. The Labute approximate surface area is 125 Å². The van der Waals surface area contributed by atoms with Crippen molar-refractivity contribution in [3.8, 4) is 0 Å². The number of hydrogen-bond donors (Lipinski definition) is 1. The molecule has 1 heterocycles. The molecular formula is C16H29NO3. The van der Waals surface area contributed by atoms with Crippen LogP contribution in [0.15, 0.2) is 0 Å². The molecule has 0 bridgehead atoms. The van der Waals surface area contributed by atoms with Gasteiger partial charge in [0.25, 0.3) is 0 Å². The predicted octanol–water partition coefficient (Wildman–Crippen LogP) is 3.19. The molecule has 1 aliphatic heterocycles. The Bertz CT molecular complexity index is 397. The smallest absolute Gasteiger partial charge is 0.410 e. The Hall–Kier alpha value is -0.770. The summed E-state index contributed by atoms with van der Waals surface area (Å²) in [6, 6.07) is 0. The number of ether oxygens (including phenoxy) is 1. The molecule has 0 atom stereocenters. The van der Waals surface area contributed by atoms with Crippen LogP contribution < -0.4 is 0 Å². The fraction of sp³-hybridized carbons (Fsp3) is 0.938. The van der Waals surface area contributed by atoms with Crippen molar-refractivity contribution in [1.82, 2.24) is 4.90 Å². The molecule has 2 fully saturated rings. The summed E-state index contributed by atoms with van der Waals surface area (Å²) in [7, 11) is 0. The van der Waals surface area contributed by atoms with E-state index in [4.69, 9.17) is 7.48 Å². The standard InChI is InChI=1S/C16H29NO3/c1-15(2,3)20-14(19)17-10-8-16(9-11-17)6-4-13(12-18)5-7-16/h13,18H,4-12H2,1-3H3/i12D2. The van der Waals surface area contributed by atoms with Crippen LogP contribution in [0.1, 0.15) is 62.0 Å². The fourth-order valence-corrected chi connectivity index (χ4v) is 3.35. The van der Waals surface area contributed by atoms with Gasteiger partial charge in [-0.25, -0.2) is 4.79 Å². The summed E-state index contributed by atoms with van der Waals surface area (Å²) >= 11 is 0. The number of likely N-dealkylation sites (tertiary alicyclic amines) is 1. The van der Waals surface area contributed by atoms with Gasteiger partial charge in [0.15, 0.2) is 0 Å². The van der Waals surface area contributed by atoms with E-state index < -0.39 is 12.2 Å². The summed E-state index contributed by atoms with van der Waals surface area (Å²) in [5.41, 5.74) is -0.239. The first-order chi connectivity index (χ1) is 10.0. The molecule has 0 aromatic carbocycles. The molecule has 1 amide bonds. The summed E-state index contributed by atoms with van der Waals surface area (Å²) in [6.45, 7) is 5.00. The second-order valence-electron chi connectivity index (χ2n) is 7.37. The monoisotopic (exact) mass is 285 g/mol. The van der Waals surface area contributed by atoms with E-state index >= 15 is 0 Å². The van der Waals surface area contributed by atoms with E-state index in [9.17, 15) is 9.90 Å². The van der Waals surface area contributed by atoms with Gasteiger partial charge in [-0.2, -0.15) is 0 Å². The second kappa shape index (κ2) is 5.92. The van der Waals surface area contributed by atoms with Gasteiger partial charge < -0.3 is 14.7 Å². The van der Waals surface area contributed by atoms with Crippen molar-refractivity contribution in [3.05, 3.63) is 0 Å². The Kier molecular flexibility index (Phi) is 3.83. The zero-order valence-corrected chi connectivity index (χ0v) is 12.9. The zero-order chi connectivity index (χ0) is 16.6. The molecular weight excluding hydrogens is 254 g/mol. The molecule has 0 aromatic rings. The molecule has 2 rings (SSSR count). The highest BCUT2D eigenvalue weighted by atomic mass is 16.6. The number of carbonyl (C=O) groups is 1. The zero-order valence-electron chi connectivity index (χ0n) is 14.9. The van der Waals surface area contributed by atoms with Crippen molar-refractivity contribution >= 4 is 6.09 Å². The summed E-state index contributed by atoms with van der Waals surface area (Å²) < 4.78 is 20.3. The minimum absolute atomic E-state index is 0.222. The van der Waals surface area contributed by atoms with Gasteiger partial charge >= 0.3 is 6.09 Å². The number of aliphatic hydroxyl groups is 1. The van der Waals surface area contributed by atoms with Crippen LogP contribution in [0.3, 0.4) is 0 Å². The minimum atomic E-state index is -2.06. The molecule has 4 nitrogen and oxygen atoms in total. The average Bonchev–Trinajstić information content (AvgIpc) is 2.37. The summed E-state index contributed by atoms with van der Waals surface area (Å²) in [5.74, 6) is -0.248. The minimum Gasteiger partial charge on any atom is -0.444 e. The third kappa shape index (κ3) is 3.87. The fourth-order valence-electron chi connectivity index (χ4n) is 3.35. The van der Waals surface area contributed by atoms with Gasteiger partial charge in [-0.05, 0) is 70.6 Å². The quantitative estimate of drug-likeness (QED) is 0.805. The van der Waals surface area contributed by atoms with E-state index in [0.29, 0.717) is 13.1 Å². The van der Waals surface area contributed by atoms with E-state index in [-0.39, 0.29) is 17.4 Å². The lowest BCUT2D eigenvalue weighted by molar-refractivity contribution is -0.000731. The van der Waals surface area contributed by atoms with Gasteiger partial charge in [0, 0.05) is 19.6 Å². The van der Waals surface area contributed by atoms with E-state index in [1.54, 1.807) is 4.90 Å². The van der Waals surface area contributed by atoms with E-state index in [1.165, 1.54) is 0 Å². The van der Waals surface area contributed by atoms with Crippen molar-refractivity contribution in [2.24, 2.45) is 11.3 Å². The largest absolute Gasteiger partial charge is 0.444 e. The SMILES string of the molecule is [2H]C([2H])(O)C1CCC2(CC1)CCN(C(=O)OC(C)(C)C)CC2. The maximum Gasteiger partial charge on any atom is 0.410 e. The Morgan fingerprint density at radius 2 is 1.85 bits per heavy atom. The van der Waals surface area contributed by atoms with Gasteiger partial charge in [-0.1, -0.05) is 0 Å². The molecule has 0 aromatic heterocycles. The molecule has 0 radical (unpaired) electrons. The van der Waals surface area contributed by atoms with Crippen molar-refractivity contribution in [3.63, 3.8) is 0 Å². The first kappa shape index (κ1) is 12.9. The van der Waals surface area contributed by atoms with Crippen LogP contribution in [0, 0.1) is 11.3 Å². The number of piperidine rings is 1. The van der Waals surface area contributed by atoms with E-state index in [0.717, 1.165) is 38.5 Å². The van der Waals surface area contributed by atoms with Crippen LogP contribution in [-0.4, -0.2) is 41.3 Å². The Morgan fingerprint density at radius 1 is 1.30 bits per heavy atom. The van der Waals surface area contributed by atoms with Gasteiger partial charge in [0.05, 0.1) is 2.74 Å². The number of rotatable bonds is 1. The molecule has 20 heavy (non-hydrogen) atoms. The van der Waals surface area contributed by atoms with Gasteiger partial charge in [-0.15, -0.1) is 0 Å². The lowest BCUT2D eigenvalue weighted by Gasteiger charge is -2.45. The highest BCUT2D eigenvalue weighted by Gasteiger charge is 2.39. The normalized spacial score (nSPS) is 26.1. The third-order valence-corrected chi connectivity index (χ3v) is 4.70. The van der Waals surface area contributed by atoms with Crippen molar-refractivity contribution in [1.29, 1.82) is 0 Å². The molecule has 1 saturated heterocycles. The first-order valence-electron chi connectivity index (χ1n) is 8.71. The lowest BCUT2D eigenvalue weighted by atomic mass is 9.65. The van der Waals surface area contributed by atoms with Gasteiger partial charge in [-0.3, -0.25) is 0 Å². The molecule has 0 unspecified atom stereocenters. The van der Waals surface area contributed by atoms with Crippen LogP contribution in [0.5, 0.6) is 0 Å². The molecule has 2 aliphatic rings. The Balaban J connectivity index is 1.84. The Morgan fingerprint density at radius 3 is 2.30 bits per heavy atom. The summed E-state index contributed by atoms with van der Waals surface area (Å²) in [6.07, 6.45) is 5.02. The predicted molar refractivity (Wildman–Crippen MR) is 78.5 cm³/mol. The van der Waals surface area contributed by atoms with Crippen LogP contribution in [-0.2, 0) is 4.74 Å². The van der Waals surface area contributed by atoms with Crippen molar-refractivity contribution in [2.75, 3.05) is 19.6 Å². The molecule has 1 spiro atoms. The molecule has 4 heteroatoms. The highest BCUT2D eigenvalue weighted by Crippen LogP contribution is 2.46. The third-order valence-electron chi connectivity index (χ3n) is 4.70. The average molecular weight is 285 g/mol. The number of carbonyl (C=O) groups excluding carboxylic acids is 1. The van der Waals surface area contributed by atoms with Crippen LogP contribution in [0.2, 0.25) is 0 Å². The maximum atomic E-state index is 12.1. The van der Waals surface area contributed by atoms with Crippen LogP contribution in [0.4, 0.5) is 4.79 Å². The molecule has 1 aliphatic carbocycles. The topological polar surface area (TPSA) is 49.8 Å². The van der Waals surface area contributed by atoms with Crippen molar-refractivity contribution < 1.29 is 17.4 Å². The highest BCUT2D eigenvalue weighted by molar-refractivity contribution is 5.68. The van der Waals surface area contributed by atoms with E-state index in [1.807, 2.05) is 20.8 Å². The molecule has 1 saturated carbocycles. The van der Waals surface area contributed by atoms with Crippen LogP contribution in [0.25, 0.3) is 0 Å². The molecule has 1 N–H and O–H groups in total. The molecule has 116 valence electrons. The first-order valence-corrected chi connectivity index (χ1v) is 7.71. The van der Waals surface area contributed by atoms with Crippen molar-refractivity contribution in [2.45, 2.75) is 64.9 Å².